The van der Waals surface area contributed by atoms with E-state index in [1.54, 1.807) is 13.1 Å². The molecule has 0 spiro atoms. The summed E-state index contributed by atoms with van der Waals surface area (Å²) in [6.07, 6.45) is 0. The van der Waals surface area contributed by atoms with Gasteiger partial charge in [-0.1, -0.05) is 0 Å². The van der Waals surface area contributed by atoms with Crippen molar-refractivity contribution < 1.29 is 4.79 Å². The van der Waals surface area contributed by atoms with Crippen LogP contribution in [0.4, 0.5) is 5.82 Å². The number of aryl methyl sites for hydroxylation is 1. The van der Waals surface area contributed by atoms with Crippen molar-refractivity contribution in [1.82, 2.24) is 10.3 Å². The first-order chi connectivity index (χ1) is 6.63. The molecule has 0 aliphatic rings. The van der Waals surface area contributed by atoms with Crippen molar-refractivity contribution in [2.75, 3.05) is 18.9 Å². The number of carbonyl (C=O) groups excluding carboxylic acids is 1. The van der Waals surface area contributed by atoms with Crippen molar-refractivity contribution >= 4 is 27.7 Å². The van der Waals surface area contributed by atoms with Gasteiger partial charge in [0.2, 0.25) is 5.91 Å². The van der Waals surface area contributed by atoms with Crippen LogP contribution in [0.25, 0.3) is 0 Å². The van der Waals surface area contributed by atoms with Gasteiger partial charge in [-0.15, -0.1) is 0 Å². The number of hydrogen-bond acceptors (Lipinski definition) is 3. The molecule has 5 heteroatoms. The number of hydrogen-bond donors (Lipinski definition) is 2. The van der Waals surface area contributed by atoms with Crippen molar-refractivity contribution in [2.45, 2.75) is 6.92 Å². The number of carbonyl (C=O) groups is 1. The van der Waals surface area contributed by atoms with Crippen molar-refractivity contribution in [2.24, 2.45) is 0 Å². The lowest BCUT2D eigenvalue weighted by atomic mass is 10.3. The van der Waals surface area contributed by atoms with E-state index in [-0.39, 0.29) is 12.5 Å². The Balaban J connectivity index is 2.68. The number of nitrogens with one attached hydrogen (secondary N) is 2. The van der Waals surface area contributed by atoms with Gasteiger partial charge in [0, 0.05) is 4.47 Å². The smallest absolute Gasteiger partial charge is 0.239 e. The number of amides is 1. The monoisotopic (exact) mass is 257 g/mol. The SMILES string of the molecule is CNCC(=O)Nc1ccc(Br)c(C)n1. The van der Waals surface area contributed by atoms with Gasteiger partial charge in [-0.05, 0) is 42.0 Å². The predicted molar refractivity (Wildman–Crippen MR) is 59.2 cm³/mol. The molecule has 0 saturated carbocycles. The highest BCUT2D eigenvalue weighted by Crippen LogP contribution is 2.15. The minimum absolute atomic E-state index is 0.0956. The van der Waals surface area contributed by atoms with Gasteiger partial charge in [-0.25, -0.2) is 4.98 Å². The summed E-state index contributed by atoms with van der Waals surface area (Å²) in [6, 6.07) is 3.61. The van der Waals surface area contributed by atoms with Crippen molar-refractivity contribution in [3.63, 3.8) is 0 Å². The van der Waals surface area contributed by atoms with E-state index in [1.165, 1.54) is 0 Å². The zero-order valence-corrected chi connectivity index (χ0v) is 9.68. The molecule has 0 radical (unpaired) electrons. The van der Waals surface area contributed by atoms with Gasteiger partial charge in [-0.2, -0.15) is 0 Å². The first-order valence-electron chi connectivity index (χ1n) is 4.21. The van der Waals surface area contributed by atoms with Crippen LogP contribution < -0.4 is 10.6 Å². The largest absolute Gasteiger partial charge is 0.311 e. The minimum atomic E-state index is -0.0956. The number of rotatable bonds is 3. The first kappa shape index (κ1) is 11.1. The van der Waals surface area contributed by atoms with Gasteiger partial charge in [0.05, 0.1) is 12.2 Å². The molecule has 1 heterocycles. The van der Waals surface area contributed by atoms with E-state index in [0.29, 0.717) is 5.82 Å². The van der Waals surface area contributed by atoms with E-state index in [2.05, 4.69) is 31.5 Å². The third kappa shape index (κ3) is 3.08. The molecule has 0 atom stereocenters. The molecule has 0 unspecified atom stereocenters. The lowest BCUT2D eigenvalue weighted by Gasteiger charge is -2.05. The van der Waals surface area contributed by atoms with E-state index in [0.717, 1.165) is 10.2 Å². The van der Waals surface area contributed by atoms with Crippen LogP contribution in [0.15, 0.2) is 16.6 Å². The zero-order valence-electron chi connectivity index (χ0n) is 8.10. The number of anilines is 1. The summed E-state index contributed by atoms with van der Waals surface area (Å²) < 4.78 is 0.934. The molecule has 1 rings (SSSR count). The molecule has 0 fully saturated rings. The molecule has 0 aromatic carbocycles. The molecule has 0 aliphatic carbocycles. The van der Waals surface area contributed by atoms with Crippen LogP contribution in [0.2, 0.25) is 0 Å². The second kappa shape index (κ2) is 5.07. The molecule has 4 nitrogen and oxygen atoms in total. The molecule has 1 amide bonds. The summed E-state index contributed by atoms with van der Waals surface area (Å²) in [5, 5.41) is 5.44. The van der Waals surface area contributed by atoms with Crippen molar-refractivity contribution in [3.05, 3.63) is 22.3 Å². The molecular formula is C9H12BrN3O. The number of pyridine rings is 1. The van der Waals surface area contributed by atoms with Crippen molar-refractivity contribution in [3.8, 4) is 0 Å². The quantitative estimate of drug-likeness (QED) is 0.859. The highest BCUT2D eigenvalue weighted by molar-refractivity contribution is 9.10. The van der Waals surface area contributed by atoms with Crippen LogP contribution in [0.3, 0.4) is 0 Å². The fourth-order valence-corrected chi connectivity index (χ4v) is 1.18. The van der Waals surface area contributed by atoms with E-state index >= 15 is 0 Å². The van der Waals surface area contributed by atoms with E-state index < -0.39 is 0 Å². The summed E-state index contributed by atoms with van der Waals surface area (Å²) >= 11 is 3.34. The Morgan fingerprint density at radius 3 is 2.86 bits per heavy atom. The van der Waals surface area contributed by atoms with Crippen LogP contribution in [0.5, 0.6) is 0 Å². The van der Waals surface area contributed by atoms with Gasteiger partial charge in [0.15, 0.2) is 0 Å². The lowest BCUT2D eigenvalue weighted by molar-refractivity contribution is -0.115. The standard InChI is InChI=1S/C9H12BrN3O/c1-6-7(10)3-4-8(12-6)13-9(14)5-11-2/h3-4,11H,5H2,1-2H3,(H,12,13,14). The van der Waals surface area contributed by atoms with Gasteiger partial charge in [-0.3, -0.25) is 4.79 Å². The second-order valence-corrected chi connectivity index (χ2v) is 3.70. The molecule has 14 heavy (non-hydrogen) atoms. The summed E-state index contributed by atoms with van der Waals surface area (Å²) in [4.78, 5) is 15.4. The number of likely N-dealkylation sites (N-methyl/N-ethyl adjacent to an activating group) is 1. The van der Waals surface area contributed by atoms with E-state index in [4.69, 9.17) is 0 Å². The van der Waals surface area contributed by atoms with Gasteiger partial charge < -0.3 is 10.6 Å². The summed E-state index contributed by atoms with van der Waals surface area (Å²) in [7, 11) is 1.72. The Hall–Kier alpha value is -0.940. The molecule has 0 saturated heterocycles. The topological polar surface area (TPSA) is 54.0 Å². The normalized spacial score (nSPS) is 9.93. The fourth-order valence-electron chi connectivity index (χ4n) is 0.961. The maximum atomic E-state index is 11.2. The van der Waals surface area contributed by atoms with Crippen LogP contribution in [-0.2, 0) is 4.79 Å². The predicted octanol–water partition coefficient (Wildman–Crippen LogP) is 1.31. The van der Waals surface area contributed by atoms with Crippen LogP contribution in [0, 0.1) is 6.92 Å². The Labute approximate surface area is 91.2 Å². The van der Waals surface area contributed by atoms with Crippen LogP contribution >= 0.6 is 15.9 Å². The summed E-state index contributed by atoms with van der Waals surface area (Å²) in [5.74, 6) is 0.479. The molecule has 1 aromatic heterocycles. The van der Waals surface area contributed by atoms with Crippen molar-refractivity contribution in [1.29, 1.82) is 0 Å². The van der Waals surface area contributed by atoms with Crippen LogP contribution in [0.1, 0.15) is 5.69 Å². The zero-order chi connectivity index (χ0) is 10.6. The third-order valence-corrected chi connectivity index (χ3v) is 2.46. The number of nitrogens with zero attached hydrogens (tertiary/aromatic N) is 1. The highest BCUT2D eigenvalue weighted by atomic mass is 79.9. The molecule has 76 valence electrons. The Kier molecular flexibility index (Phi) is 4.03. The molecular weight excluding hydrogens is 246 g/mol. The average molecular weight is 258 g/mol. The Morgan fingerprint density at radius 1 is 1.57 bits per heavy atom. The van der Waals surface area contributed by atoms with E-state index in [1.807, 2.05) is 13.0 Å². The first-order valence-corrected chi connectivity index (χ1v) is 5.00. The second-order valence-electron chi connectivity index (χ2n) is 2.84. The molecule has 2 N–H and O–H groups in total. The van der Waals surface area contributed by atoms with Gasteiger partial charge in [0.25, 0.3) is 0 Å². The fraction of sp³-hybridized carbons (Fsp3) is 0.333. The minimum Gasteiger partial charge on any atom is -0.311 e. The van der Waals surface area contributed by atoms with Gasteiger partial charge in [0.1, 0.15) is 5.82 Å². The van der Waals surface area contributed by atoms with E-state index in [9.17, 15) is 4.79 Å². The average Bonchev–Trinajstić information content (AvgIpc) is 2.12. The number of halogens is 1. The Morgan fingerprint density at radius 2 is 2.29 bits per heavy atom. The van der Waals surface area contributed by atoms with Gasteiger partial charge >= 0.3 is 0 Å². The molecule has 0 aliphatic heterocycles. The highest BCUT2D eigenvalue weighted by Gasteiger charge is 2.02. The summed E-state index contributed by atoms with van der Waals surface area (Å²) in [5.41, 5.74) is 0.854. The van der Waals surface area contributed by atoms with Crippen LogP contribution in [-0.4, -0.2) is 24.5 Å². The number of aromatic nitrogens is 1. The maximum Gasteiger partial charge on any atom is 0.239 e. The third-order valence-electron chi connectivity index (χ3n) is 1.63. The summed E-state index contributed by atoms with van der Waals surface area (Å²) in [6.45, 7) is 2.16. The Bertz CT molecular complexity index is 341. The molecule has 1 aromatic rings. The molecule has 0 bridgehead atoms. The maximum absolute atomic E-state index is 11.2. The lowest BCUT2D eigenvalue weighted by Crippen LogP contribution is -2.25.